The van der Waals surface area contributed by atoms with Crippen LogP contribution in [0.2, 0.25) is 5.02 Å². The molecule has 2 N–H and O–H groups in total. The maximum absolute atomic E-state index is 12.9. The Morgan fingerprint density at radius 1 is 1.43 bits per heavy atom. The molecule has 4 nitrogen and oxygen atoms in total. The zero-order valence-corrected chi connectivity index (χ0v) is 13.2. The van der Waals surface area contributed by atoms with Crippen LogP contribution >= 0.6 is 22.9 Å². The fraction of sp³-hybridized carbons (Fsp3) is 0.200. The molecule has 0 aliphatic rings. The summed E-state index contributed by atoms with van der Waals surface area (Å²) in [6.07, 6.45) is 0. The molecule has 0 saturated carbocycles. The monoisotopic (exact) mass is 319 g/mol. The smallest absolute Gasteiger partial charge is 0.266 e. The number of hydrogen-bond acceptors (Lipinski definition) is 4. The van der Waals surface area contributed by atoms with Gasteiger partial charge in [-0.3, -0.25) is 9.20 Å². The van der Waals surface area contributed by atoms with E-state index < -0.39 is 0 Å². The summed E-state index contributed by atoms with van der Waals surface area (Å²) in [5.41, 5.74) is 8.65. The normalized spacial score (nSPS) is 12.8. The molecule has 2 aromatic heterocycles. The average molecular weight is 320 g/mol. The minimum atomic E-state index is -0.334. The summed E-state index contributed by atoms with van der Waals surface area (Å²) < 4.78 is 1.62. The predicted molar refractivity (Wildman–Crippen MR) is 87.1 cm³/mol. The van der Waals surface area contributed by atoms with Crippen LogP contribution in [0, 0.1) is 6.92 Å². The molecule has 0 aliphatic carbocycles. The van der Waals surface area contributed by atoms with Gasteiger partial charge < -0.3 is 5.73 Å². The first-order valence-corrected chi connectivity index (χ1v) is 7.77. The van der Waals surface area contributed by atoms with Gasteiger partial charge in [0.05, 0.1) is 11.3 Å². The second kappa shape index (κ2) is 5.26. The number of aromatic nitrogens is 2. The molecular formula is C15H14ClN3OS. The molecule has 0 spiro atoms. The fourth-order valence-corrected chi connectivity index (χ4v) is 3.40. The van der Waals surface area contributed by atoms with E-state index >= 15 is 0 Å². The highest BCUT2D eigenvalue weighted by molar-refractivity contribution is 7.15. The van der Waals surface area contributed by atoms with Crippen LogP contribution in [0.3, 0.4) is 0 Å². The Balaban J connectivity index is 2.44. The number of nitrogens with zero attached hydrogens (tertiary/aromatic N) is 2. The van der Waals surface area contributed by atoms with Crippen molar-refractivity contribution in [2.75, 3.05) is 0 Å². The first-order valence-electron chi connectivity index (χ1n) is 6.51. The van der Waals surface area contributed by atoms with E-state index in [4.69, 9.17) is 17.3 Å². The van der Waals surface area contributed by atoms with Gasteiger partial charge in [0, 0.05) is 22.1 Å². The van der Waals surface area contributed by atoms with Crippen molar-refractivity contribution in [3.8, 4) is 11.1 Å². The van der Waals surface area contributed by atoms with Gasteiger partial charge in [0.1, 0.15) is 0 Å². The van der Waals surface area contributed by atoms with Crippen molar-refractivity contribution >= 4 is 27.9 Å². The minimum Gasteiger partial charge on any atom is -0.323 e. The highest BCUT2D eigenvalue weighted by atomic mass is 35.5. The Kier molecular flexibility index (Phi) is 3.57. The fourth-order valence-electron chi connectivity index (χ4n) is 2.34. The van der Waals surface area contributed by atoms with Crippen LogP contribution < -0.4 is 11.3 Å². The molecule has 1 atom stereocenters. The second-order valence-corrected chi connectivity index (χ2v) is 6.24. The number of fused-ring (bicyclic) bond motifs is 1. The Labute approximate surface area is 130 Å². The van der Waals surface area contributed by atoms with Gasteiger partial charge in [-0.05, 0) is 31.5 Å². The standard InChI is InChI=1S/C15H14ClN3OS/c1-8-7-21-15-18-13(9(2)17)12(14(20)19(8)15)10-4-3-5-11(16)6-10/h3-7,9H,17H2,1-2H3. The van der Waals surface area contributed by atoms with Crippen LogP contribution in [0.4, 0.5) is 0 Å². The van der Waals surface area contributed by atoms with Crippen LogP contribution in [0.25, 0.3) is 16.1 Å². The molecule has 3 rings (SSSR count). The molecule has 0 bridgehead atoms. The van der Waals surface area contributed by atoms with E-state index in [1.807, 2.05) is 31.4 Å². The van der Waals surface area contributed by atoms with Gasteiger partial charge in [-0.15, -0.1) is 11.3 Å². The molecule has 21 heavy (non-hydrogen) atoms. The molecule has 6 heteroatoms. The van der Waals surface area contributed by atoms with Crippen molar-refractivity contribution in [3.63, 3.8) is 0 Å². The lowest BCUT2D eigenvalue weighted by molar-refractivity contribution is 0.778. The Hall–Kier alpha value is -1.69. The van der Waals surface area contributed by atoms with E-state index in [0.29, 0.717) is 21.2 Å². The van der Waals surface area contributed by atoms with Crippen molar-refractivity contribution in [2.24, 2.45) is 5.73 Å². The number of nitrogens with two attached hydrogens (primary N) is 1. The maximum Gasteiger partial charge on any atom is 0.266 e. The molecular weight excluding hydrogens is 306 g/mol. The minimum absolute atomic E-state index is 0.103. The Morgan fingerprint density at radius 2 is 2.19 bits per heavy atom. The summed E-state index contributed by atoms with van der Waals surface area (Å²) in [4.78, 5) is 18.1. The first-order chi connectivity index (χ1) is 9.99. The van der Waals surface area contributed by atoms with Crippen molar-refractivity contribution in [2.45, 2.75) is 19.9 Å². The predicted octanol–water partition coefficient (Wildman–Crippen LogP) is 3.40. The van der Waals surface area contributed by atoms with Gasteiger partial charge in [-0.1, -0.05) is 23.7 Å². The molecule has 108 valence electrons. The molecule has 0 aliphatic heterocycles. The number of rotatable bonds is 2. The lowest BCUT2D eigenvalue weighted by Crippen LogP contribution is -2.22. The van der Waals surface area contributed by atoms with E-state index in [0.717, 1.165) is 11.3 Å². The summed E-state index contributed by atoms with van der Waals surface area (Å²) >= 11 is 7.49. The number of aryl methyl sites for hydroxylation is 1. The molecule has 0 radical (unpaired) electrons. The molecule has 1 unspecified atom stereocenters. The van der Waals surface area contributed by atoms with Gasteiger partial charge in [-0.25, -0.2) is 4.98 Å². The molecule has 3 aromatic rings. The average Bonchev–Trinajstić information content (AvgIpc) is 2.80. The van der Waals surface area contributed by atoms with Crippen LogP contribution in [0.15, 0.2) is 34.4 Å². The molecule has 0 saturated heterocycles. The van der Waals surface area contributed by atoms with E-state index in [-0.39, 0.29) is 11.6 Å². The summed E-state index contributed by atoms with van der Waals surface area (Å²) in [7, 11) is 0. The third-order valence-corrected chi connectivity index (χ3v) is 4.49. The second-order valence-electron chi connectivity index (χ2n) is 4.97. The highest BCUT2D eigenvalue weighted by Gasteiger charge is 2.19. The molecule has 0 amide bonds. The third-order valence-electron chi connectivity index (χ3n) is 3.31. The van der Waals surface area contributed by atoms with E-state index in [1.54, 1.807) is 16.5 Å². The first kappa shape index (κ1) is 14.3. The largest absolute Gasteiger partial charge is 0.323 e. The van der Waals surface area contributed by atoms with Crippen LogP contribution in [0.5, 0.6) is 0 Å². The van der Waals surface area contributed by atoms with Gasteiger partial charge in [0.15, 0.2) is 4.96 Å². The molecule has 1 aromatic carbocycles. The Morgan fingerprint density at radius 3 is 2.86 bits per heavy atom. The van der Waals surface area contributed by atoms with E-state index in [9.17, 15) is 4.79 Å². The van der Waals surface area contributed by atoms with Crippen LogP contribution in [-0.2, 0) is 0 Å². The number of hydrogen-bond donors (Lipinski definition) is 1. The summed E-state index contributed by atoms with van der Waals surface area (Å²) in [5.74, 6) is 0. The zero-order valence-electron chi connectivity index (χ0n) is 11.6. The lowest BCUT2D eigenvalue weighted by atomic mass is 10.0. The Bertz CT molecular complexity index is 882. The summed E-state index contributed by atoms with van der Waals surface area (Å²) in [6.45, 7) is 3.71. The van der Waals surface area contributed by atoms with E-state index in [2.05, 4.69) is 4.98 Å². The quantitative estimate of drug-likeness (QED) is 0.787. The number of halogens is 1. The topological polar surface area (TPSA) is 60.4 Å². The van der Waals surface area contributed by atoms with Gasteiger partial charge in [0.25, 0.3) is 5.56 Å². The van der Waals surface area contributed by atoms with E-state index in [1.165, 1.54) is 11.3 Å². The number of thiazole rings is 1. The van der Waals surface area contributed by atoms with Gasteiger partial charge >= 0.3 is 0 Å². The van der Waals surface area contributed by atoms with Crippen molar-refractivity contribution in [1.82, 2.24) is 9.38 Å². The molecule has 0 fully saturated rings. The molecule has 2 heterocycles. The maximum atomic E-state index is 12.9. The van der Waals surface area contributed by atoms with Crippen LogP contribution in [0.1, 0.15) is 24.4 Å². The SMILES string of the molecule is Cc1csc2nc(C(C)N)c(-c3cccc(Cl)c3)c(=O)n12. The van der Waals surface area contributed by atoms with Gasteiger partial charge in [0.2, 0.25) is 0 Å². The summed E-state index contributed by atoms with van der Waals surface area (Å²) in [6, 6.07) is 6.87. The van der Waals surface area contributed by atoms with Gasteiger partial charge in [-0.2, -0.15) is 0 Å². The van der Waals surface area contributed by atoms with Crippen molar-refractivity contribution in [3.05, 3.63) is 56.4 Å². The van der Waals surface area contributed by atoms with Crippen LogP contribution in [-0.4, -0.2) is 9.38 Å². The summed E-state index contributed by atoms with van der Waals surface area (Å²) in [5, 5.41) is 2.49. The lowest BCUT2D eigenvalue weighted by Gasteiger charge is -2.12. The number of benzene rings is 1. The third kappa shape index (κ3) is 2.37. The highest BCUT2D eigenvalue weighted by Crippen LogP contribution is 2.27. The zero-order chi connectivity index (χ0) is 15.1. The van der Waals surface area contributed by atoms with Crippen molar-refractivity contribution in [1.29, 1.82) is 0 Å². The van der Waals surface area contributed by atoms with Crippen molar-refractivity contribution < 1.29 is 0 Å².